The number of nitrogens with zero attached hydrogens (tertiary/aromatic N) is 2. The summed E-state index contributed by atoms with van der Waals surface area (Å²) in [7, 11) is 1.82. The summed E-state index contributed by atoms with van der Waals surface area (Å²) in [6.07, 6.45) is 0.512. The molecule has 2 aromatic rings. The second kappa shape index (κ2) is 5.49. The maximum Gasteiger partial charge on any atom is 0.141 e. The number of hydrogen-bond donors (Lipinski definition) is 1. The van der Waals surface area contributed by atoms with Crippen LogP contribution in [0.15, 0.2) is 18.2 Å². The second-order valence-electron chi connectivity index (χ2n) is 4.45. The number of rotatable bonds is 3. The third-order valence-corrected chi connectivity index (χ3v) is 3.83. The van der Waals surface area contributed by atoms with E-state index < -0.39 is 5.82 Å². The van der Waals surface area contributed by atoms with E-state index in [4.69, 9.17) is 28.9 Å². The van der Waals surface area contributed by atoms with Crippen molar-refractivity contribution in [2.45, 2.75) is 19.4 Å². The lowest BCUT2D eigenvalue weighted by Gasteiger charge is -2.13. The van der Waals surface area contributed by atoms with Crippen molar-refractivity contribution in [3.8, 4) is 0 Å². The smallest absolute Gasteiger partial charge is 0.141 e. The molecule has 0 aliphatic heterocycles. The Balaban J connectivity index is 2.25. The summed E-state index contributed by atoms with van der Waals surface area (Å²) in [5.41, 5.74) is 8.50. The summed E-state index contributed by atoms with van der Waals surface area (Å²) < 4.78 is 14.8. The summed E-state index contributed by atoms with van der Waals surface area (Å²) in [4.78, 5) is 0. The zero-order valence-electron chi connectivity index (χ0n) is 10.6. The number of benzene rings is 1. The van der Waals surface area contributed by atoms with Crippen LogP contribution in [0.2, 0.25) is 10.0 Å². The van der Waals surface area contributed by atoms with Crippen molar-refractivity contribution in [1.82, 2.24) is 9.78 Å². The van der Waals surface area contributed by atoms with Gasteiger partial charge in [0.2, 0.25) is 0 Å². The average Bonchev–Trinajstić information content (AvgIpc) is 2.59. The topological polar surface area (TPSA) is 43.8 Å². The lowest BCUT2D eigenvalue weighted by molar-refractivity contribution is 0.619. The molecule has 19 heavy (non-hydrogen) atoms. The van der Waals surface area contributed by atoms with Crippen LogP contribution < -0.4 is 5.73 Å². The standard InChI is InChI=1S/C13H14Cl2FN3/c1-7-13(15)12(19(2)18-7)6-11(17)8-3-4-10(16)9(14)5-8/h3-5,11H,6,17H2,1-2H3. The van der Waals surface area contributed by atoms with Gasteiger partial charge in [-0.25, -0.2) is 4.39 Å². The molecular weight excluding hydrogens is 288 g/mol. The van der Waals surface area contributed by atoms with Gasteiger partial charge in [-0.05, 0) is 24.6 Å². The van der Waals surface area contributed by atoms with E-state index in [0.717, 1.165) is 17.0 Å². The number of nitrogens with two attached hydrogens (primary N) is 1. The number of halogens is 3. The summed E-state index contributed by atoms with van der Waals surface area (Å²) in [5, 5.41) is 4.92. The van der Waals surface area contributed by atoms with E-state index in [1.165, 1.54) is 6.07 Å². The quantitative estimate of drug-likeness (QED) is 0.944. The van der Waals surface area contributed by atoms with Crippen molar-refractivity contribution >= 4 is 23.2 Å². The Morgan fingerprint density at radius 3 is 2.63 bits per heavy atom. The van der Waals surface area contributed by atoms with Crippen molar-refractivity contribution in [2.75, 3.05) is 0 Å². The summed E-state index contributed by atoms with van der Waals surface area (Å²) in [6, 6.07) is 4.17. The van der Waals surface area contributed by atoms with Crippen molar-refractivity contribution < 1.29 is 4.39 Å². The molecule has 0 aliphatic rings. The van der Waals surface area contributed by atoms with Gasteiger partial charge in [0.25, 0.3) is 0 Å². The molecule has 2 rings (SSSR count). The molecule has 6 heteroatoms. The Bertz CT molecular complexity index is 610. The highest BCUT2D eigenvalue weighted by molar-refractivity contribution is 6.32. The van der Waals surface area contributed by atoms with Gasteiger partial charge in [-0.1, -0.05) is 29.3 Å². The van der Waals surface area contributed by atoms with Crippen LogP contribution in [0.25, 0.3) is 0 Å². The molecule has 0 bridgehead atoms. The number of hydrogen-bond acceptors (Lipinski definition) is 2. The van der Waals surface area contributed by atoms with Crippen molar-refractivity contribution in [1.29, 1.82) is 0 Å². The molecule has 1 aromatic carbocycles. The third kappa shape index (κ3) is 2.91. The fourth-order valence-corrected chi connectivity index (χ4v) is 2.40. The van der Waals surface area contributed by atoms with Gasteiger partial charge < -0.3 is 5.73 Å². The molecule has 102 valence electrons. The molecule has 1 aromatic heterocycles. The maximum atomic E-state index is 13.1. The minimum Gasteiger partial charge on any atom is -0.324 e. The van der Waals surface area contributed by atoms with E-state index in [2.05, 4.69) is 5.10 Å². The SMILES string of the molecule is Cc1nn(C)c(CC(N)c2ccc(F)c(Cl)c2)c1Cl. The van der Waals surface area contributed by atoms with Gasteiger partial charge in [-0.3, -0.25) is 4.68 Å². The van der Waals surface area contributed by atoms with Gasteiger partial charge in [0.15, 0.2) is 0 Å². The van der Waals surface area contributed by atoms with Crippen molar-refractivity contribution in [3.63, 3.8) is 0 Å². The van der Waals surface area contributed by atoms with Gasteiger partial charge >= 0.3 is 0 Å². The molecule has 0 radical (unpaired) electrons. The first-order valence-corrected chi connectivity index (χ1v) is 6.54. The van der Waals surface area contributed by atoms with Gasteiger partial charge in [-0.2, -0.15) is 5.10 Å². The number of aryl methyl sites for hydroxylation is 2. The Labute approximate surface area is 121 Å². The summed E-state index contributed by atoms with van der Waals surface area (Å²) >= 11 is 11.9. The van der Waals surface area contributed by atoms with Crippen LogP contribution in [0, 0.1) is 12.7 Å². The molecule has 0 amide bonds. The largest absolute Gasteiger partial charge is 0.324 e. The Kier molecular flexibility index (Phi) is 4.13. The highest BCUT2D eigenvalue weighted by atomic mass is 35.5. The average molecular weight is 302 g/mol. The first-order valence-electron chi connectivity index (χ1n) is 5.78. The van der Waals surface area contributed by atoms with E-state index >= 15 is 0 Å². The van der Waals surface area contributed by atoms with Crippen LogP contribution in [0.4, 0.5) is 4.39 Å². The zero-order valence-corrected chi connectivity index (χ0v) is 12.1. The third-order valence-electron chi connectivity index (χ3n) is 3.05. The molecule has 2 N–H and O–H groups in total. The van der Waals surface area contributed by atoms with E-state index in [1.54, 1.807) is 16.8 Å². The predicted molar refractivity (Wildman–Crippen MR) is 75.0 cm³/mol. The molecule has 1 heterocycles. The molecule has 0 fully saturated rings. The molecule has 0 saturated carbocycles. The molecule has 1 unspecified atom stereocenters. The van der Waals surface area contributed by atoms with E-state index in [1.807, 2.05) is 14.0 Å². The second-order valence-corrected chi connectivity index (χ2v) is 5.24. The minimum atomic E-state index is -0.452. The summed E-state index contributed by atoms with van der Waals surface area (Å²) in [6.45, 7) is 1.84. The van der Waals surface area contributed by atoms with Crippen LogP contribution in [-0.2, 0) is 13.5 Å². The van der Waals surface area contributed by atoms with Gasteiger partial charge in [-0.15, -0.1) is 0 Å². The van der Waals surface area contributed by atoms with E-state index in [0.29, 0.717) is 11.4 Å². The van der Waals surface area contributed by atoms with E-state index in [-0.39, 0.29) is 11.1 Å². The molecule has 0 spiro atoms. The fourth-order valence-electron chi connectivity index (χ4n) is 1.97. The van der Waals surface area contributed by atoms with Crippen LogP contribution in [0.1, 0.15) is 23.0 Å². The molecule has 0 aliphatic carbocycles. The van der Waals surface area contributed by atoms with Crippen molar-refractivity contribution in [2.24, 2.45) is 12.8 Å². The van der Waals surface area contributed by atoms with Crippen LogP contribution in [0.5, 0.6) is 0 Å². The highest BCUT2D eigenvalue weighted by Gasteiger charge is 2.16. The normalized spacial score (nSPS) is 12.7. The first-order chi connectivity index (χ1) is 8.90. The highest BCUT2D eigenvalue weighted by Crippen LogP contribution is 2.26. The van der Waals surface area contributed by atoms with Gasteiger partial charge in [0.05, 0.1) is 21.4 Å². The maximum absolute atomic E-state index is 13.1. The Morgan fingerprint density at radius 1 is 1.42 bits per heavy atom. The molecule has 3 nitrogen and oxygen atoms in total. The van der Waals surface area contributed by atoms with Gasteiger partial charge in [0.1, 0.15) is 5.82 Å². The Hall–Kier alpha value is -1.10. The zero-order chi connectivity index (χ0) is 14.2. The van der Waals surface area contributed by atoms with Crippen LogP contribution in [0.3, 0.4) is 0 Å². The van der Waals surface area contributed by atoms with Crippen LogP contribution in [-0.4, -0.2) is 9.78 Å². The lowest BCUT2D eigenvalue weighted by atomic mass is 10.0. The lowest BCUT2D eigenvalue weighted by Crippen LogP contribution is -2.15. The minimum absolute atomic E-state index is 0.0697. The Morgan fingerprint density at radius 2 is 2.11 bits per heavy atom. The van der Waals surface area contributed by atoms with E-state index in [9.17, 15) is 4.39 Å². The molecular formula is C13H14Cl2FN3. The van der Waals surface area contributed by atoms with Crippen LogP contribution >= 0.6 is 23.2 Å². The predicted octanol–water partition coefficient (Wildman–Crippen LogP) is 3.42. The van der Waals surface area contributed by atoms with Crippen molar-refractivity contribution in [3.05, 3.63) is 51.0 Å². The fraction of sp³-hybridized carbons (Fsp3) is 0.308. The van der Waals surface area contributed by atoms with Gasteiger partial charge in [0, 0.05) is 19.5 Å². The molecule has 1 atom stereocenters. The molecule has 0 saturated heterocycles. The summed E-state index contributed by atoms with van der Waals surface area (Å²) in [5.74, 6) is -0.452. The number of aromatic nitrogens is 2. The monoisotopic (exact) mass is 301 g/mol. The first kappa shape index (κ1) is 14.3.